The summed E-state index contributed by atoms with van der Waals surface area (Å²) in [6.07, 6.45) is 6.76. The van der Waals surface area contributed by atoms with Gasteiger partial charge in [0.25, 0.3) is 5.69 Å². The molecular weight excluding hydrogens is 258 g/mol. The number of hydrogen-bond acceptors (Lipinski definition) is 4. The van der Waals surface area contributed by atoms with Crippen molar-refractivity contribution in [2.24, 2.45) is 11.0 Å². The Labute approximate surface area is 117 Å². The number of rotatable bonds is 4. The van der Waals surface area contributed by atoms with Crippen LogP contribution in [-0.2, 0) is 4.79 Å². The Morgan fingerprint density at radius 1 is 1.25 bits per heavy atom. The zero-order valence-corrected chi connectivity index (χ0v) is 11.1. The minimum Gasteiger partial charge on any atom is -0.273 e. The zero-order valence-electron chi connectivity index (χ0n) is 11.1. The highest BCUT2D eigenvalue weighted by Crippen LogP contribution is 2.23. The molecule has 0 heterocycles. The first kappa shape index (κ1) is 14.2. The second kappa shape index (κ2) is 6.79. The first-order chi connectivity index (χ1) is 9.66. The smallest absolute Gasteiger partial charge is 0.269 e. The number of nitro groups is 1. The number of hydrazone groups is 1. The lowest BCUT2D eigenvalue weighted by Gasteiger charge is -2.19. The molecule has 1 N–H and O–H groups in total. The van der Waals surface area contributed by atoms with E-state index in [4.69, 9.17) is 0 Å². The van der Waals surface area contributed by atoms with Crippen LogP contribution in [0.15, 0.2) is 29.4 Å². The third-order valence-electron chi connectivity index (χ3n) is 3.47. The van der Waals surface area contributed by atoms with Gasteiger partial charge in [0.1, 0.15) is 0 Å². The average molecular weight is 275 g/mol. The number of benzene rings is 1. The first-order valence-corrected chi connectivity index (χ1v) is 6.74. The lowest BCUT2D eigenvalue weighted by atomic mass is 9.89. The maximum atomic E-state index is 11.8. The maximum absolute atomic E-state index is 11.8. The van der Waals surface area contributed by atoms with Crippen molar-refractivity contribution in [1.82, 2.24) is 5.43 Å². The van der Waals surface area contributed by atoms with Gasteiger partial charge in [-0.1, -0.05) is 19.3 Å². The molecule has 0 spiro atoms. The van der Waals surface area contributed by atoms with Crippen molar-refractivity contribution in [3.05, 3.63) is 39.9 Å². The van der Waals surface area contributed by atoms with Crippen LogP contribution in [0, 0.1) is 16.0 Å². The molecule has 0 unspecified atom stereocenters. The SMILES string of the molecule is O=C(N/N=C/c1ccc([N+](=O)[O-])cc1)C1CCCCC1. The van der Waals surface area contributed by atoms with Gasteiger partial charge in [-0.2, -0.15) is 5.10 Å². The van der Waals surface area contributed by atoms with Gasteiger partial charge < -0.3 is 0 Å². The molecule has 2 rings (SSSR count). The highest BCUT2D eigenvalue weighted by Gasteiger charge is 2.20. The monoisotopic (exact) mass is 275 g/mol. The average Bonchev–Trinajstić information content (AvgIpc) is 2.48. The van der Waals surface area contributed by atoms with Crippen LogP contribution in [0.4, 0.5) is 5.69 Å². The number of non-ortho nitro benzene ring substituents is 1. The summed E-state index contributed by atoms with van der Waals surface area (Å²) in [4.78, 5) is 21.9. The number of carbonyl (C=O) groups excluding carboxylic acids is 1. The van der Waals surface area contributed by atoms with E-state index in [9.17, 15) is 14.9 Å². The Bertz CT molecular complexity index is 505. The first-order valence-electron chi connectivity index (χ1n) is 6.74. The van der Waals surface area contributed by atoms with Crippen LogP contribution in [0.5, 0.6) is 0 Å². The van der Waals surface area contributed by atoms with Gasteiger partial charge in [-0.3, -0.25) is 14.9 Å². The lowest BCUT2D eigenvalue weighted by molar-refractivity contribution is -0.384. The van der Waals surface area contributed by atoms with Gasteiger partial charge in [0.15, 0.2) is 0 Å². The number of nitrogens with one attached hydrogen (secondary N) is 1. The third kappa shape index (κ3) is 3.88. The summed E-state index contributed by atoms with van der Waals surface area (Å²) in [6, 6.07) is 6.00. The molecule has 0 aromatic heterocycles. The van der Waals surface area contributed by atoms with E-state index in [1.807, 2.05) is 0 Å². The molecule has 1 fully saturated rings. The molecule has 1 aromatic rings. The van der Waals surface area contributed by atoms with Crippen LogP contribution in [0.3, 0.4) is 0 Å². The standard InChI is InChI=1S/C14H17N3O3/c18-14(12-4-2-1-3-5-12)16-15-10-11-6-8-13(9-7-11)17(19)20/h6-10,12H,1-5H2,(H,16,18)/b15-10+. The molecule has 20 heavy (non-hydrogen) atoms. The predicted molar refractivity (Wildman–Crippen MR) is 75.4 cm³/mol. The second-order valence-corrected chi connectivity index (χ2v) is 4.92. The molecule has 0 atom stereocenters. The number of nitrogens with zero attached hydrogens (tertiary/aromatic N) is 2. The maximum Gasteiger partial charge on any atom is 0.269 e. The molecule has 0 bridgehead atoms. The Hall–Kier alpha value is -2.24. The Kier molecular flexibility index (Phi) is 4.81. The van der Waals surface area contributed by atoms with E-state index in [0.29, 0.717) is 5.56 Å². The second-order valence-electron chi connectivity index (χ2n) is 4.92. The fourth-order valence-electron chi connectivity index (χ4n) is 2.31. The van der Waals surface area contributed by atoms with Crippen molar-refractivity contribution in [2.75, 3.05) is 0 Å². The van der Waals surface area contributed by atoms with E-state index in [-0.39, 0.29) is 17.5 Å². The molecular formula is C14H17N3O3. The Morgan fingerprint density at radius 3 is 2.50 bits per heavy atom. The number of amides is 1. The van der Waals surface area contributed by atoms with E-state index in [1.54, 1.807) is 12.1 Å². The number of nitro benzene ring substituents is 1. The normalized spacial score (nSPS) is 16.2. The van der Waals surface area contributed by atoms with Crippen LogP contribution in [-0.4, -0.2) is 17.0 Å². The van der Waals surface area contributed by atoms with Gasteiger partial charge in [0.2, 0.25) is 5.91 Å². The summed E-state index contributed by atoms with van der Waals surface area (Å²) in [7, 11) is 0. The van der Waals surface area contributed by atoms with Crippen LogP contribution >= 0.6 is 0 Å². The molecule has 1 amide bonds. The molecule has 1 aromatic carbocycles. The largest absolute Gasteiger partial charge is 0.273 e. The highest BCUT2D eigenvalue weighted by atomic mass is 16.6. The molecule has 106 valence electrons. The van der Waals surface area contributed by atoms with Gasteiger partial charge in [-0.25, -0.2) is 5.43 Å². The highest BCUT2D eigenvalue weighted by molar-refractivity contribution is 5.83. The summed E-state index contributed by atoms with van der Waals surface area (Å²) in [5.41, 5.74) is 3.28. The van der Waals surface area contributed by atoms with Crippen molar-refractivity contribution in [2.45, 2.75) is 32.1 Å². The molecule has 1 aliphatic carbocycles. The van der Waals surface area contributed by atoms with E-state index in [0.717, 1.165) is 25.7 Å². The molecule has 6 nitrogen and oxygen atoms in total. The number of hydrogen-bond donors (Lipinski definition) is 1. The van der Waals surface area contributed by atoms with E-state index in [2.05, 4.69) is 10.5 Å². The fourth-order valence-corrected chi connectivity index (χ4v) is 2.31. The van der Waals surface area contributed by atoms with Crippen LogP contribution in [0.1, 0.15) is 37.7 Å². The Morgan fingerprint density at radius 2 is 1.90 bits per heavy atom. The van der Waals surface area contributed by atoms with Crippen LogP contribution in [0.2, 0.25) is 0 Å². The summed E-state index contributed by atoms with van der Waals surface area (Å²) in [5, 5.41) is 14.4. The van der Waals surface area contributed by atoms with Gasteiger partial charge in [-0.15, -0.1) is 0 Å². The van der Waals surface area contributed by atoms with E-state index < -0.39 is 4.92 Å². The van der Waals surface area contributed by atoms with E-state index >= 15 is 0 Å². The van der Waals surface area contributed by atoms with Crippen LogP contribution in [0.25, 0.3) is 0 Å². The van der Waals surface area contributed by atoms with Gasteiger partial charge in [0, 0.05) is 18.1 Å². The summed E-state index contributed by atoms with van der Waals surface area (Å²) in [5.74, 6) is 0.0284. The van der Waals surface area contributed by atoms with E-state index in [1.165, 1.54) is 24.8 Å². The molecule has 6 heteroatoms. The van der Waals surface area contributed by atoms with Gasteiger partial charge >= 0.3 is 0 Å². The molecule has 1 saturated carbocycles. The summed E-state index contributed by atoms with van der Waals surface area (Å²) < 4.78 is 0. The topological polar surface area (TPSA) is 84.6 Å². The van der Waals surface area contributed by atoms with Crippen molar-refractivity contribution < 1.29 is 9.72 Å². The lowest BCUT2D eigenvalue weighted by Crippen LogP contribution is -2.28. The summed E-state index contributed by atoms with van der Waals surface area (Å²) >= 11 is 0. The summed E-state index contributed by atoms with van der Waals surface area (Å²) in [6.45, 7) is 0. The van der Waals surface area contributed by atoms with Gasteiger partial charge in [-0.05, 0) is 30.5 Å². The molecule has 0 radical (unpaired) electrons. The van der Waals surface area contributed by atoms with Crippen molar-refractivity contribution in [3.8, 4) is 0 Å². The van der Waals surface area contributed by atoms with Crippen molar-refractivity contribution in [1.29, 1.82) is 0 Å². The predicted octanol–water partition coefficient (Wildman–Crippen LogP) is 2.63. The van der Waals surface area contributed by atoms with Crippen molar-refractivity contribution >= 4 is 17.8 Å². The number of carbonyl (C=O) groups is 1. The quantitative estimate of drug-likeness (QED) is 0.520. The molecule has 1 aliphatic rings. The Balaban J connectivity index is 1.86. The fraction of sp³-hybridized carbons (Fsp3) is 0.429. The molecule has 0 saturated heterocycles. The minimum atomic E-state index is -0.453. The minimum absolute atomic E-state index is 0.0355. The third-order valence-corrected chi connectivity index (χ3v) is 3.47. The zero-order chi connectivity index (χ0) is 14.4. The van der Waals surface area contributed by atoms with Gasteiger partial charge in [0.05, 0.1) is 11.1 Å². The molecule has 0 aliphatic heterocycles. The van der Waals surface area contributed by atoms with Crippen LogP contribution < -0.4 is 5.43 Å². The van der Waals surface area contributed by atoms with Crippen molar-refractivity contribution in [3.63, 3.8) is 0 Å².